The normalized spacial score (nSPS) is 11.4. The first-order valence-corrected chi connectivity index (χ1v) is 10.3. The standard InChI is InChI=1S/C21H17N3O2S/c1-27(25,26)19-10-11-21(22-15-19)24-13-12-20(23-24)18-9-5-8-17(14-18)16-6-3-2-4-7-16/h2-15H,1H3. The third-order valence-corrected chi connectivity index (χ3v) is 5.34. The summed E-state index contributed by atoms with van der Waals surface area (Å²) in [5.74, 6) is 0.563. The van der Waals surface area contributed by atoms with Crippen LogP contribution in [0.3, 0.4) is 0 Å². The molecule has 0 aliphatic rings. The van der Waals surface area contributed by atoms with E-state index in [0.717, 1.165) is 28.6 Å². The SMILES string of the molecule is CS(=O)(=O)c1ccc(-n2ccc(-c3cccc(-c4ccccc4)c3)n2)nc1. The number of aromatic nitrogens is 3. The maximum Gasteiger partial charge on any atom is 0.177 e. The summed E-state index contributed by atoms with van der Waals surface area (Å²) >= 11 is 0. The largest absolute Gasteiger partial charge is 0.236 e. The molecule has 4 rings (SSSR count). The van der Waals surface area contributed by atoms with Gasteiger partial charge in [-0.2, -0.15) is 5.10 Å². The van der Waals surface area contributed by atoms with Gasteiger partial charge in [-0.3, -0.25) is 0 Å². The van der Waals surface area contributed by atoms with Crippen molar-refractivity contribution in [3.63, 3.8) is 0 Å². The average Bonchev–Trinajstić information content (AvgIpc) is 3.19. The molecule has 0 amide bonds. The van der Waals surface area contributed by atoms with E-state index in [1.54, 1.807) is 10.7 Å². The van der Waals surface area contributed by atoms with Crippen molar-refractivity contribution in [1.82, 2.24) is 14.8 Å². The van der Waals surface area contributed by atoms with E-state index in [2.05, 4.69) is 34.3 Å². The molecule has 5 nitrogen and oxygen atoms in total. The predicted octanol–water partition coefficient (Wildman–Crippen LogP) is 4.00. The van der Waals surface area contributed by atoms with Gasteiger partial charge in [-0.05, 0) is 35.4 Å². The molecule has 0 N–H and O–H groups in total. The van der Waals surface area contributed by atoms with Crippen LogP contribution in [0.1, 0.15) is 0 Å². The molecular weight excluding hydrogens is 358 g/mol. The quantitative estimate of drug-likeness (QED) is 0.541. The van der Waals surface area contributed by atoms with Crippen LogP contribution in [0.4, 0.5) is 0 Å². The van der Waals surface area contributed by atoms with E-state index in [1.807, 2.05) is 42.6 Å². The zero-order valence-electron chi connectivity index (χ0n) is 14.6. The van der Waals surface area contributed by atoms with Gasteiger partial charge in [0.2, 0.25) is 0 Å². The molecule has 0 saturated carbocycles. The maximum absolute atomic E-state index is 11.6. The summed E-state index contributed by atoms with van der Waals surface area (Å²) in [7, 11) is -3.26. The first-order valence-electron chi connectivity index (χ1n) is 8.39. The van der Waals surface area contributed by atoms with Crippen LogP contribution in [-0.2, 0) is 9.84 Å². The van der Waals surface area contributed by atoms with Gasteiger partial charge in [0, 0.05) is 24.2 Å². The fourth-order valence-corrected chi connectivity index (χ4v) is 3.38. The highest BCUT2D eigenvalue weighted by Crippen LogP contribution is 2.25. The van der Waals surface area contributed by atoms with Gasteiger partial charge in [-0.15, -0.1) is 0 Å². The molecule has 0 radical (unpaired) electrons. The smallest absolute Gasteiger partial charge is 0.177 e. The van der Waals surface area contributed by atoms with E-state index in [4.69, 9.17) is 0 Å². The molecule has 0 fully saturated rings. The van der Waals surface area contributed by atoms with Crippen molar-refractivity contribution in [3.05, 3.63) is 85.2 Å². The van der Waals surface area contributed by atoms with E-state index in [-0.39, 0.29) is 4.90 Å². The molecule has 6 heteroatoms. The highest BCUT2D eigenvalue weighted by molar-refractivity contribution is 7.90. The van der Waals surface area contributed by atoms with Gasteiger partial charge in [-0.1, -0.05) is 48.5 Å². The summed E-state index contributed by atoms with van der Waals surface area (Å²) in [6, 6.07) is 23.5. The Morgan fingerprint density at radius 3 is 2.26 bits per heavy atom. The van der Waals surface area contributed by atoms with Gasteiger partial charge in [-0.25, -0.2) is 18.1 Å². The van der Waals surface area contributed by atoms with E-state index in [1.165, 1.54) is 12.3 Å². The highest BCUT2D eigenvalue weighted by Gasteiger charge is 2.10. The van der Waals surface area contributed by atoms with Crippen LogP contribution >= 0.6 is 0 Å². The zero-order chi connectivity index (χ0) is 18.9. The number of benzene rings is 2. The van der Waals surface area contributed by atoms with Crippen LogP contribution in [0, 0.1) is 0 Å². The van der Waals surface area contributed by atoms with E-state index >= 15 is 0 Å². The van der Waals surface area contributed by atoms with Crippen LogP contribution in [0.5, 0.6) is 0 Å². The predicted molar refractivity (Wildman–Crippen MR) is 105 cm³/mol. The van der Waals surface area contributed by atoms with Gasteiger partial charge in [0.1, 0.15) is 0 Å². The fraction of sp³-hybridized carbons (Fsp3) is 0.0476. The maximum atomic E-state index is 11.6. The number of rotatable bonds is 4. The topological polar surface area (TPSA) is 64.8 Å². The van der Waals surface area contributed by atoms with E-state index in [0.29, 0.717) is 5.82 Å². The molecule has 2 heterocycles. The Morgan fingerprint density at radius 1 is 0.815 bits per heavy atom. The Hall–Kier alpha value is -3.25. The van der Waals surface area contributed by atoms with Crippen molar-refractivity contribution >= 4 is 9.84 Å². The van der Waals surface area contributed by atoms with Crippen LogP contribution in [-0.4, -0.2) is 29.4 Å². The second-order valence-electron chi connectivity index (χ2n) is 6.22. The van der Waals surface area contributed by atoms with E-state index < -0.39 is 9.84 Å². The number of pyridine rings is 1. The summed E-state index contributed by atoms with van der Waals surface area (Å²) in [5, 5.41) is 4.58. The monoisotopic (exact) mass is 375 g/mol. The van der Waals surface area contributed by atoms with Gasteiger partial charge in [0.15, 0.2) is 15.7 Å². The van der Waals surface area contributed by atoms with Crippen molar-refractivity contribution in [2.45, 2.75) is 4.90 Å². The Labute approximate surface area is 157 Å². The Bertz CT molecular complexity index is 1180. The molecule has 4 aromatic rings. The number of nitrogens with zero attached hydrogens (tertiary/aromatic N) is 3. The zero-order valence-corrected chi connectivity index (χ0v) is 15.5. The second kappa shape index (κ2) is 6.81. The van der Waals surface area contributed by atoms with Gasteiger partial charge in [0.25, 0.3) is 0 Å². The van der Waals surface area contributed by atoms with Crippen LogP contribution < -0.4 is 0 Å². The number of hydrogen-bond acceptors (Lipinski definition) is 4. The third kappa shape index (κ3) is 3.66. The molecule has 0 aliphatic heterocycles. The lowest BCUT2D eigenvalue weighted by molar-refractivity contribution is 0.601. The minimum Gasteiger partial charge on any atom is -0.236 e. The van der Waals surface area contributed by atoms with Crippen molar-refractivity contribution < 1.29 is 8.42 Å². The first kappa shape index (κ1) is 17.2. The number of hydrogen-bond donors (Lipinski definition) is 0. The molecule has 0 unspecified atom stereocenters. The summed E-state index contributed by atoms with van der Waals surface area (Å²) in [6.45, 7) is 0. The molecule has 0 spiro atoms. The number of sulfone groups is 1. The fourth-order valence-electron chi connectivity index (χ4n) is 2.82. The molecule has 134 valence electrons. The molecule has 27 heavy (non-hydrogen) atoms. The molecule has 0 atom stereocenters. The lowest BCUT2D eigenvalue weighted by Gasteiger charge is -2.04. The molecule has 2 aromatic heterocycles. The van der Waals surface area contributed by atoms with Crippen molar-refractivity contribution in [3.8, 4) is 28.2 Å². The van der Waals surface area contributed by atoms with Crippen molar-refractivity contribution in [2.24, 2.45) is 0 Å². The van der Waals surface area contributed by atoms with Gasteiger partial charge in [0.05, 0.1) is 10.6 Å². The Morgan fingerprint density at radius 2 is 1.56 bits per heavy atom. The molecule has 0 saturated heterocycles. The summed E-state index contributed by atoms with van der Waals surface area (Å²) in [5.41, 5.74) is 4.10. The molecule has 0 bridgehead atoms. The highest BCUT2D eigenvalue weighted by atomic mass is 32.2. The Balaban J connectivity index is 1.65. The average molecular weight is 375 g/mol. The lowest BCUT2D eigenvalue weighted by Crippen LogP contribution is -2.02. The van der Waals surface area contributed by atoms with Crippen LogP contribution in [0.25, 0.3) is 28.2 Å². The third-order valence-electron chi connectivity index (χ3n) is 4.24. The summed E-state index contributed by atoms with van der Waals surface area (Å²) in [4.78, 5) is 4.40. The van der Waals surface area contributed by atoms with Crippen molar-refractivity contribution in [1.29, 1.82) is 0 Å². The van der Waals surface area contributed by atoms with Crippen LogP contribution in [0.2, 0.25) is 0 Å². The van der Waals surface area contributed by atoms with Gasteiger partial charge < -0.3 is 0 Å². The molecule has 0 aliphatic carbocycles. The second-order valence-corrected chi connectivity index (χ2v) is 8.23. The summed E-state index contributed by atoms with van der Waals surface area (Å²) in [6.07, 6.45) is 4.32. The first-order chi connectivity index (χ1) is 13.0. The lowest BCUT2D eigenvalue weighted by atomic mass is 10.0. The van der Waals surface area contributed by atoms with Gasteiger partial charge >= 0.3 is 0 Å². The van der Waals surface area contributed by atoms with E-state index in [9.17, 15) is 8.42 Å². The minimum absolute atomic E-state index is 0.189. The van der Waals surface area contributed by atoms with Crippen LogP contribution in [0.15, 0.2) is 90.1 Å². The molecule has 2 aromatic carbocycles. The van der Waals surface area contributed by atoms with Crippen molar-refractivity contribution in [2.75, 3.05) is 6.26 Å². The summed E-state index contributed by atoms with van der Waals surface area (Å²) < 4.78 is 24.7. The molecular formula is C21H17N3O2S. The minimum atomic E-state index is -3.26. The Kier molecular flexibility index (Phi) is 4.33.